The largest absolute Gasteiger partial charge is 0.478 e. The summed E-state index contributed by atoms with van der Waals surface area (Å²) in [7, 11) is 0. The van der Waals surface area contributed by atoms with Crippen LogP contribution in [0.2, 0.25) is 0 Å². The number of rotatable bonds is 3. The summed E-state index contributed by atoms with van der Waals surface area (Å²) < 4.78 is 13.8. The lowest BCUT2D eigenvalue weighted by Crippen LogP contribution is -1.95. The molecule has 0 radical (unpaired) electrons. The molecule has 0 spiro atoms. The van der Waals surface area contributed by atoms with Crippen molar-refractivity contribution in [2.45, 2.75) is 0 Å². The first kappa shape index (κ1) is 12.0. The fourth-order valence-electron chi connectivity index (χ4n) is 1.45. The number of carboxylic acid groups (broad SMARTS) is 1. The van der Waals surface area contributed by atoms with Gasteiger partial charge in [-0.25, -0.2) is 9.18 Å². The highest BCUT2D eigenvalue weighted by molar-refractivity contribution is 5.88. The molecule has 0 saturated carbocycles. The molecule has 90 valence electrons. The van der Waals surface area contributed by atoms with Gasteiger partial charge in [-0.1, -0.05) is 18.2 Å². The molecule has 2 rings (SSSR count). The summed E-state index contributed by atoms with van der Waals surface area (Å²) in [6, 6.07) is 10.8. The van der Waals surface area contributed by atoms with Crippen molar-refractivity contribution in [2.75, 3.05) is 0 Å². The predicted molar refractivity (Wildman–Crippen MR) is 66.6 cm³/mol. The lowest BCUT2D eigenvalue weighted by atomic mass is 10.1. The first-order valence-corrected chi connectivity index (χ1v) is 5.29. The molecule has 4 heteroatoms. The van der Waals surface area contributed by atoms with Crippen molar-refractivity contribution in [3.8, 4) is 0 Å². The summed E-state index contributed by atoms with van der Waals surface area (Å²) in [5.74, 6) is -1.48. The summed E-state index contributed by atoms with van der Waals surface area (Å²) in [6.07, 6.45) is 2.88. The molecule has 0 bridgehead atoms. The number of carboxylic acids is 1. The van der Waals surface area contributed by atoms with Gasteiger partial charge in [0.1, 0.15) is 5.83 Å². The summed E-state index contributed by atoms with van der Waals surface area (Å²) in [5, 5.41) is 8.73. The van der Waals surface area contributed by atoms with Crippen LogP contribution >= 0.6 is 0 Å². The first-order valence-electron chi connectivity index (χ1n) is 5.29. The predicted octanol–water partition coefficient (Wildman–Crippen LogP) is 3.25. The molecule has 1 N–H and O–H groups in total. The topological polar surface area (TPSA) is 50.2 Å². The van der Waals surface area contributed by atoms with Crippen LogP contribution in [0.3, 0.4) is 0 Å². The average Bonchev–Trinajstić information content (AvgIpc) is 2.40. The average molecular weight is 243 g/mol. The van der Waals surface area contributed by atoms with Gasteiger partial charge in [0.15, 0.2) is 0 Å². The van der Waals surface area contributed by atoms with E-state index in [1.807, 2.05) is 0 Å². The Morgan fingerprint density at radius 1 is 1.11 bits per heavy atom. The zero-order chi connectivity index (χ0) is 13.0. The number of aromatic nitrogens is 1. The molecule has 0 aliphatic rings. The molecule has 1 heterocycles. The van der Waals surface area contributed by atoms with Gasteiger partial charge < -0.3 is 5.11 Å². The third-order valence-electron chi connectivity index (χ3n) is 2.37. The van der Waals surface area contributed by atoms with E-state index < -0.39 is 11.8 Å². The van der Waals surface area contributed by atoms with Crippen LogP contribution in [0.4, 0.5) is 4.39 Å². The van der Waals surface area contributed by atoms with Crippen molar-refractivity contribution in [3.63, 3.8) is 0 Å². The highest BCUT2D eigenvalue weighted by Crippen LogP contribution is 2.19. The van der Waals surface area contributed by atoms with Gasteiger partial charge in [-0.3, -0.25) is 4.98 Å². The van der Waals surface area contributed by atoms with Crippen LogP contribution in [0.15, 0.2) is 48.7 Å². The van der Waals surface area contributed by atoms with Crippen molar-refractivity contribution in [3.05, 3.63) is 65.5 Å². The van der Waals surface area contributed by atoms with Crippen LogP contribution in [0.5, 0.6) is 0 Å². The second-order valence-corrected chi connectivity index (χ2v) is 3.63. The van der Waals surface area contributed by atoms with E-state index in [1.54, 1.807) is 24.4 Å². The molecule has 18 heavy (non-hydrogen) atoms. The lowest BCUT2D eigenvalue weighted by Gasteiger charge is -1.99. The van der Waals surface area contributed by atoms with Gasteiger partial charge in [0.05, 0.1) is 11.3 Å². The van der Waals surface area contributed by atoms with Crippen molar-refractivity contribution < 1.29 is 14.3 Å². The van der Waals surface area contributed by atoms with Gasteiger partial charge in [0.25, 0.3) is 0 Å². The minimum absolute atomic E-state index is 0.129. The molecule has 0 unspecified atom stereocenters. The fourth-order valence-corrected chi connectivity index (χ4v) is 1.45. The molecule has 0 fully saturated rings. The van der Waals surface area contributed by atoms with Crippen LogP contribution in [0.1, 0.15) is 21.6 Å². The number of aromatic carboxylic acids is 1. The summed E-state index contributed by atoms with van der Waals surface area (Å²) in [4.78, 5) is 14.6. The Morgan fingerprint density at radius 2 is 1.78 bits per heavy atom. The molecule has 1 aromatic heterocycles. The van der Waals surface area contributed by atoms with E-state index in [2.05, 4.69) is 4.98 Å². The highest BCUT2D eigenvalue weighted by atomic mass is 19.1. The number of hydrogen-bond acceptors (Lipinski definition) is 2. The van der Waals surface area contributed by atoms with Crippen LogP contribution in [0.25, 0.3) is 11.9 Å². The number of halogens is 1. The second kappa shape index (κ2) is 5.23. The first-order chi connectivity index (χ1) is 8.66. The Labute approximate surface area is 103 Å². The quantitative estimate of drug-likeness (QED) is 0.900. The molecule has 3 nitrogen and oxygen atoms in total. The van der Waals surface area contributed by atoms with Gasteiger partial charge in [-0.2, -0.15) is 0 Å². The van der Waals surface area contributed by atoms with Crippen LogP contribution in [-0.2, 0) is 0 Å². The molecular formula is C14H10FNO2. The standard InChI is InChI=1S/C14H10FNO2/c15-13(9-12-3-1-2-8-16-12)10-4-6-11(7-5-10)14(17)18/h1-9H,(H,17,18)/b13-9+. The summed E-state index contributed by atoms with van der Waals surface area (Å²) >= 11 is 0. The number of hydrogen-bond donors (Lipinski definition) is 1. The minimum Gasteiger partial charge on any atom is -0.478 e. The summed E-state index contributed by atoms with van der Waals surface area (Å²) in [5.41, 5.74) is 0.965. The number of carbonyl (C=O) groups is 1. The Bertz CT molecular complexity index is 577. The number of nitrogens with zero attached hydrogens (tertiary/aromatic N) is 1. The molecule has 0 aliphatic carbocycles. The third kappa shape index (κ3) is 2.79. The number of benzene rings is 1. The Balaban J connectivity index is 2.26. The second-order valence-electron chi connectivity index (χ2n) is 3.63. The van der Waals surface area contributed by atoms with Gasteiger partial charge >= 0.3 is 5.97 Å². The molecule has 2 aromatic rings. The van der Waals surface area contributed by atoms with E-state index in [1.165, 1.54) is 30.3 Å². The van der Waals surface area contributed by atoms with E-state index >= 15 is 0 Å². The van der Waals surface area contributed by atoms with Crippen molar-refractivity contribution >= 4 is 17.9 Å². The van der Waals surface area contributed by atoms with Crippen molar-refractivity contribution in [2.24, 2.45) is 0 Å². The monoisotopic (exact) mass is 243 g/mol. The third-order valence-corrected chi connectivity index (χ3v) is 2.37. The van der Waals surface area contributed by atoms with E-state index in [0.29, 0.717) is 11.3 Å². The molecular weight excluding hydrogens is 233 g/mol. The van der Waals surface area contributed by atoms with Gasteiger partial charge in [-0.05, 0) is 24.3 Å². The molecule has 0 amide bonds. The maximum atomic E-state index is 13.8. The van der Waals surface area contributed by atoms with Crippen LogP contribution in [-0.4, -0.2) is 16.1 Å². The number of pyridine rings is 1. The zero-order valence-electron chi connectivity index (χ0n) is 9.38. The zero-order valence-corrected chi connectivity index (χ0v) is 9.38. The molecule has 1 aromatic carbocycles. The molecule has 0 aliphatic heterocycles. The smallest absolute Gasteiger partial charge is 0.335 e. The van der Waals surface area contributed by atoms with E-state index in [0.717, 1.165) is 0 Å². The Kier molecular flexibility index (Phi) is 3.48. The van der Waals surface area contributed by atoms with E-state index in [-0.39, 0.29) is 5.56 Å². The maximum absolute atomic E-state index is 13.8. The SMILES string of the molecule is O=C(O)c1ccc(/C(F)=C\c2ccccn2)cc1. The fraction of sp³-hybridized carbons (Fsp3) is 0. The van der Waals surface area contributed by atoms with Gasteiger partial charge in [-0.15, -0.1) is 0 Å². The Hall–Kier alpha value is -2.49. The van der Waals surface area contributed by atoms with Gasteiger partial charge in [0, 0.05) is 17.8 Å². The summed E-state index contributed by atoms with van der Waals surface area (Å²) in [6.45, 7) is 0. The van der Waals surface area contributed by atoms with E-state index in [4.69, 9.17) is 5.11 Å². The normalized spacial score (nSPS) is 11.3. The van der Waals surface area contributed by atoms with E-state index in [9.17, 15) is 9.18 Å². The lowest BCUT2D eigenvalue weighted by molar-refractivity contribution is 0.0697. The highest BCUT2D eigenvalue weighted by Gasteiger charge is 2.04. The molecule has 0 atom stereocenters. The van der Waals surface area contributed by atoms with Crippen molar-refractivity contribution in [1.29, 1.82) is 0 Å². The molecule has 0 saturated heterocycles. The maximum Gasteiger partial charge on any atom is 0.335 e. The Morgan fingerprint density at radius 3 is 2.33 bits per heavy atom. The van der Waals surface area contributed by atoms with Gasteiger partial charge in [0.2, 0.25) is 0 Å². The minimum atomic E-state index is -1.03. The van der Waals surface area contributed by atoms with Crippen LogP contribution in [0, 0.1) is 0 Å². The van der Waals surface area contributed by atoms with Crippen molar-refractivity contribution in [1.82, 2.24) is 4.98 Å². The van der Waals surface area contributed by atoms with Crippen LogP contribution < -0.4 is 0 Å².